The van der Waals surface area contributed by atoms with Crippen molar-refractivity contribution >= 4 is 23.4 Å². The number of carbonyl (C=O) groups excluding carboxylic acids is 2. The van der Waals surface area contributed by atoms with Crippen molar-refractivity contribution in [3.63, 3.8) is 0 Å². The van der Waals surface area contributed by atoms with E-state index in [4.69, 9.17) is 17.3 Å². The number of halogens is 1. The van der Waals surface area contributed by atoms with Gasteiger partial charge in [0.1, 0.15) is 6.04 Å². The van der Waals surface area contributed by atoms with E-state index in [1.165, 1.54) is 0 Å². The van der Waals surface area contributed by atoms with E-state index < -0.39 is 11.9 Å². The molecule has 2 amide bonds. The minimum Gasteiger partial charge on any atom is -0.368 e. The van der Waals surface area contributed by atoms with Gasteiger partial charge in [0.2, 0.25) is 5.91 Å². The van der Waals surface area contributed by atoms with E-state index in [2.05, 4.69) is 5.32 Å². The Morgan fingerprint density at radius 2 is 1.78 bits per heavy atom. The molecule has 0 radical (unpaired) electrons. The van der Waals surface area contributed by atoms with Crippen molar-refractivity contribution in [1.82, 2.24) is 5.32 Å². The number of nitrogens with one attached hydrogen (secondary N) is 1. The number of aryl methyl sites for hydroxylation is 2. The summed E-state index contributed by atoms with van der Waals surface area (Å²) in [6.07, 6.45) is 0.298. The Bertz CT molecular complexity index is 723. The topological polar surface area (TPSA) is 72.2 Å². The molecule has 120 valence electrons. The number of nitrogens with two attached hydrogens (primary N) is 1. The molecule has 23 heavy (non-hydrogen) atoms. The Balaban J connectivity index is 2.15. The normalized spacial score (nSPS) is 11.8. The predicted molar refractivity (Wildman–Crippen MR) is 91.5 cm³/mol. The Labute approximate surface area is 140 Å². The molecule has 3 N–H and O–H groups in total. The summed E-state index contributed by atoms with van der Waals surface area (Å²) in [6.45, 7) is 3.84. The van der Waals surface area contributed by atoms with E-state index in [0.717, 1.165) is 16.7 Å². The summed E-state index contributed by atoms with van der Waals surface area (Å²) in [7, 11) is 0. The first-order valence-corrected chi connectivity index (χ1v) is 7.66. The van der Waals surface area contributed by atoms with E-state index in [9.17, 15) is 9.59 Å². The second-order valence-corrected chi connectivity index (χ2v) is 6.08. The molecular weight excluding hydrogens is 312 g/mol. The fourth-order valence-electron chi connectivity index (χ4n) is 2.47. The third-order valence-corrected chi connectivity index (χ3v) is 3.70. The standard InChI is InChI=1S/C18H19ClN2O2/c1-11-6-12(2)8-14(7-11)18(23)21-16(17(20)22)10-13-4-3-5-15(19)9-13/h3-9,16H,10H2,1-2H3,(H2,20,22)(H,21,23)/t16-/m0/s1. The van der Waals surface area contributed by atoms with Crippen LogP contribution < -0.4 is 11.1 Å². The molecule has 0 saturated heterocycles. The molecule has 2 aromatic rings. The summed E-state index contributed by atoms with van der Waals surface area (Å²) in [5, 5.41) is 3.27. The maximum atomic E-state index is 12.4. The van der Waals surface area contributed by atoms with Crippen molar-refractivity contribution in [2.75, 3.05) is 0 Å². The lowest BCUT2D eigenvalue weighted by molar-refractivity contribution is -0.119. The highest BCUT2D eigenvalue weighted by molar-refractivity contribution is 6.30. The summed E-state index contributed by atoms with van der Waals surface area (Å²) in [5.74, 6) is -0.898. The second kappa shape index (κ2) is 7.29. The van der Waals surface area contributed by atoms with E-state index in [-0.39, 0.29) is 5.91 Å². The highest BCUT2D eigenvalue weighted by atomic mass is 35.5. The summed E-state index contributed by atoms with van der Waals surface area (Å²) in [6, 6.07) is 11.9. The third kappa shape index (κ3) is 4.83. The lowest BCUT2D eigenvalue weighted by atomic mass is 10.0. The van der Waals surface area contributed by atoms with Crippen LogP contribution in [0.4, 0.5) is 0 Å². The molecule has 0 fully saturated rings. The monoisotopic (exact) mass is 330 g/mol. The van der Waals surface area contributed by atoms with E-state index in [0.29, 0.717) is 17.0 Å². The van der Waals surface area contributed by atoms with Gasteiger partial charge in [-0.25, -0.2) is 0 Å². The lowest BCUT2D eigenvalue weighted by Crippen LogP contribution is -2.45. The first-order chi connectivity index (χ1) is 10.8. The van der Waals surface area contributed by atoms with Crippen LogP contribution in [0.3, 0.4) is 0 Å². The van der Waals surface area contributed by atoms with Gasteiger partial charge in [0.25, 0.3) is 5.91 Å². The number of carbonyl (C=O) groups is 2. The molecule has 2 rings (SSSR count). The number of amides is 2. The van der Waals surface area contributed by atoms with Crippen LogP contribution in [0.25, 0.3) is 0 Å². The Morgan fingerprint density at radius 3 is 2.35 bits per heavy atom. The SMILES string of the molecule is Cc1cc(C)cc(C(=O)N[C@@H](Cc2cccc(Cl)c2)C(N)=O)c1. The van der Waals surface area contributed by atoms with E-state index >= 15 is 0 Å². The molecule has 4 nitrogen and oxygen atoms in total. The van der Waals surface area contributed by atoms with Crippen LogP contribution in [-0.4, -0.2) is 17.9 Å². The van der Waals surface area contributed by atoms with Gasteiger partial charge in [0.15, 0.2) is 0 Å². The molecule has 5 heteroatoms. The quantitative estimate of drug-likeness (QED) is 0.884. The fraction of sp³-hybridized carbons (Fsp3) is 0.222. The van der Waals surface area contributed by atoms with Gasteiger partial charge in [-0.05, 0) is 43.7 Å². The van der Waals surface area contributed by atoms with E-state index in [1.807, 2.05) is 26.0 Å². The molecule has 1 atom stereocenters. The van der Waals surface area contributed by atoms with Gasteiger partial charge in [-0.2, -0.15) is 0 Å². The molecule has 0 heterocycles. The summed E-state index contributed by atoms with van der Waals surface area (Å²) < 4.78 is 0. The third-order valence-electron chi connectivity index (χ3n) is 3.46. The Hall–Kier alpha value is -2.33. The highest BCUT2D eigenvalue weighted by Gasteiger charge is 2.19. The van der Waals surface area contributed by atoms with Gasteiger partial charge in [-0.1, -0.05) is 40.9 Å². The number of rotatable bonds is 5. The molecule has 0 bridgehead atoms. The van der Waals surface area contributed by atoms with Crippen molar-refractivity contribution in [2.45, 2.75) is 26.3 Å². The maximum Gasteiger partial charge on any atom is 0.251 e. The molecule has 0 aliphatic heterocycles. The second-order valence-electron chi connectivity index (χ2n) is 5.64. The van der Waals surface area contributed by atoms with Gasteiger partial charge in [0.05, 0.1) is 0 Å². The molecule has 0 saturated carbocycles. The average Bonchev–Trinajstić information content (AvgIpc) is 2.45. The largest absolute Gasteiger partial charge is 0.368 e. The zero-order valence-corrected chi connectivity index (χ0v) is 13.9. The molecular formula is C18H19ClN2O2. The molecule has 0 unspecified atom stereocenters. The Morgan fingerprint density at radius 1 is 1.13 bits per heavy atom. The van der Waals surface area contributed by atoms with Crippen LogP contribution in [0.2, 0.25) is 5.02 Å². The van der Waals surface area contributed by atoms with Crippen molar-refractivity contribution in [3.05, 3.63) is 69.7 Å². The van der Waals surface area contributed by atoms with Crippen molar-refractivity contribution < 1.29 is 9.59 Å². The number of benzene rings is 2. The van der Waals surface area contributed by atoms with Crippen molar-refractivity contribution in [3.8, 4) is 0 Å². The predicted octanol–water partition coefficient (Wildman–Crippen LogP) is 2.78. The number of primary amides is 1. The van der Waals surface area contributed by atoms with Crippen molar-refractivity contribution in [2.24, 2.45) is 5.73 Å². The number of hydrogen-bond acceptors (Lipinski definition) is 2. The van der Waals surface area contributed by atoms with Crippen LogP contribution in [0.15, 0.2) is 42.5 Å². The van der Waals surface area contributed by atoms with Gasteiger partial charge in [0, 0.05) is 17.0 Å². The average molecular weight is 331 g/mol. The summed E-state index contributed by atoms with van der Waals surface area (Å²) in [5.41, 5.74) is 8.74. The molecule has 0 aliphatic rings. The van der Waals surface area contributed by atoms with Gasteiger partial charge in [-0.3, -0.25) is 9.59 Å². The van der Waals surface area contributed by atoms with Crippen LogP contribution in [0, 0.1) is 13.8 Å². The Kier molecular flexibility index (Phi) is 5.40. The summed E-state index contributed by atoms with van der Waals surface area (Å²) >= 11 is 5.94. The molecule has 0 aliphatic carbocycles. The van der Waals surface area contributed by atoms with Crippen LogP contribution in [0.5, 0.6) is 0 Å². The van der Waals surface area contributed by atoms with Crippen LogP contribution in [0.1, 0.15) is 27.0 Å². The van der Waals surface area contributed by atoms with Crippen LogP contribution >= 0.6 is 11.6 Å². The molecule has 2 aromatic carbocycles. The zero-order valence-electron chi connectivity index (χ0n) is 13.1. The van der Waals surface area contributed by atoms with Gasteiger partial charge in [-0.15, -0.1) is 0 Å². The molecule has 0 spiro atoms. The minimum absolute atomic E-state index is 0.298. The van der Waals surface area contributed by atoms with Gasteiger partial charge < -0.3 is 11.1 Å². The highest BCUT2D eigenvalue weighted by Crippen LogP contribution is 2.13. The first-order valence-electron chi connectivity index (χ1n) is 7.28. The maximum absolute atomic E-state index is 12.4. The van der Waals surface area contributed by atoms with Crippen molar-refractivity contribution in [1.29, 1.82) is 0 Å². The lowest BCUT2D eigenvalue weighted by Gasteiger charge is -2.16. The minimum atomic E-state index is -0.790. The molecule has 0 aromatic heterocycles. The van der Waals surface area contributed by atoms with Crippen LogP contribution in [-0.2, 0) is 11.2 Å². The zero-order chi connectivity index (χ0) is 17.0. The fourth-order valence-corrected chi connectivity index (χ4v) is 2.68. The number of hydrogen-bond donors (Lipinski definition) is 2. The van der Waals surface area contributed by atoms with E-state index in [1.54, 1.807) is 30.3 Å². The summed E-state index contributed by atoms with van der Waals surface area (Å²) in [4.78, 5) is 24.0. The smallest absolute Gasteiger partial charge is 0.251 e. The van der Waals surface area contributed by atoms with Gasteiger partial charge >= 0.3 is 0 Å². The first kappa shape index (κ1) is 17.0.